The zero-order valence-electron chi connectivity index (χ0n) is 13.0. The Morgan fingerprint density at radius 1 is 1.23 bits per heavy atom. The first kappa shape index (κ1) is 15.4. The Morgan fingerprint density at radius 2 is 1.86 bits per heavy atom. The van der Waals surface area contributed by atoms with Gasteiger partial charge in [-0.15, -0.1) is 0 Å². The molecular weight excluding hydrogens is 281 g/mol. The third-order valence-corrected chi connectivity index (χ3v) is 5.02. The molecule has 2 saturated heterocycles. The second-order valence-electron chi connectivity index (χ2n) is 6.42. The van der Waals surface area contributed by atoms with Crippen LogP contribution in [-0.4, -0.2) is 42.5 Å². The van der Waals surface area contributed by atoms with Gasteiger partial charge in [-0.1, -0.05) is 12.1 Å². The lowest BCUT2D eigenvalue weighted by Crippen LogP contribution is -2.51. The highest BCUT2D eigenvalue weighted by atomic mass is 19.1. The van der Waals surface area contributed by atoms with Crippen LogP contribution in [0, 0.1) is 5.82 Å². The molecule has 0 aromatic heterocycles. The Kier molecular flexibility index (Phi) is 4.74. The van der Waals surface area contributed by atoms with E-state index in [-0.39, 0.29) is 11.7 Å². The van der Waals surface area contributed by atoms with Gasteiger partial charge < -0.3 is 10.6 Å². The maximum absolute atomic E-state index is 12.8. The van der Waals surface area contributed by atoms with Crippen molar-refractivity contribution in [3.8, 4) is 0 Å². The Hall–Kier alpha value is -1.46. The van der Waals surface area contributed by atoms with Crippen LogP contribution in [0.1, 0.15) is 31.2 Å². The van der Waals surface area contributed by atoms with Crippen LogP contribution in [0.4, 0.5) is 4.39 Å². The first-order valence-electron chi connectivity index (χ1n) is 8.10. The molecule has 5 heteroatoms. The van der Waals surface area contributed by atoms with Gasteiger partial charge in [0, 0.05) is 24.7 Å². The summed E-state index contributed by atoms with van der Waals surface area (Å²) in [5.41, 5.74) is 0.923. The van der Waals surface area contributed by atoms with Crippen LogP contribution in [0.3, 0.4) is 0 Å². The molecule has 1 amide bonds. The summed E-state index contributed by atoms with van der Waals surface area (Å²) in [6.45, 7) is 0.939. The predicted octanol–water partition coefficient (Wildman–Crippen LogP) is 1.66. The molecule has 0 saturated carbocycles. The third kappa shape index (κ3) is 3.47. The van der Waals surface area contributed by atoms with Gasteiger partial charge in [-0.3, -0.25) is 9.69 Å². The van der Waals surface area contributed by atoms with Gasteiger partial charge in [0.25, 0.3) is 0 Å². The maximum Gasteiger partial charge on any atom is 0.234 e. The fourth-order valence-corrected chi connectivity index (χ4v) is 3.79. The van der Waals surface area contributed by atoms with Gasteiger partial charge in [-0.25, -0.2) is 4.39 Å². The fraction of sp³-hybridized carbons (Fsp3) is 0.588. The minimum Gasteiger partial charge on any atom is -0.351 e. The molecule has 2 bridgehead atoms. The van der Waals surface area contributed by atoms with E-state index in [2.05, 4.69) is 15.5 Å². The lowest BCUT2D eigenvalue weighted by atomic mass is 9.97. The van der Waals surface area contributed by atoms with E-state index in [0.717, 1.165) is 18.4 Å². The van der Waals surface area contributed by atoms with Crippen LogP contribution in [0.5, 0.6) is 0 Å². The van der Waals surface area contributed by atoms with Gasteiger partial charge in [0.15, 0.2) is 0 Å². The van der Waals surface area contributed by atoms with Crippen molar-refractivity contribution < 1.29 is 9.18 Å². The Bertz CT molecular complexity index is 505. The number of hydrogen-bond acceptors (Lipinski definition) is 3. The summed E-state index contributed by atoms with van der Waals surface area (Å²) in [5, 5.41) is 6.31. The highest BCUT2D eigenvalue weighted by Crippen LogP contribution is 2.35. The molecule has 0 aliphatic carbocycles. The number of carbonyl (C=O) groups is 1. The summed E-state index contributed by atoms with van der Waals surface area (Å²) in [7, 11) is 2.02. The van der Waals surface area contributed by atoms with Crippen molar-refractivity contribution in [3.63, 3.8) is 0 Å². The molecule has 2 N–H and O–H groups in total. The van der Waals surface area contributed by atoms with E-state index in [1.54, 1.807) is 12.1 Å². The molecule has 2 unspecified atom stereocenters. The van der Waals surface area contributed by atoms with Crippen molar-refractivity contribution in [1.29, 1.82) is 0 Å². The molecule has 1 aromatic rings. The number of piperidine rings is 1. The first-order chi connectivity index (χ1) is 10.7. The molecule has 0 spiro atoms. The second-order valence-corrected chi connectivity index (χ2v) is 6.42. The molecular formula is C17H24FN3O. The van der Waals surface area contributed by atoms with Crippen LogP contribution < -0.4 is 10.6 Å². The molecule has 2 aliphatic heterocycles. The SMILES string of the molecule is CNC1CC2CCC(C1)N2CC(=O)NCc1ccc(F)cc1. The van der Waals surface area contributed by atoms with Gasteiger partial charge in [0.2, 0.25) is 5.91 Å². The van der Waals surface area contributed by atoms with Crippen molar-refractivity contribution in [2.24, 2.45) is 0 Å². The lowest BCUT2D eigenvalue weighted by Gasteiger charge is -2.38. The van der Waals surface area contributed by atoms with Crippen LogP contribution in [0.2, 0.25) is 0 Å². The quantitative estimate of drug-likeness (QED) is 0.869. The number of rotatable bonds is 5. The van der Waals surface area contributed by atoms with Gasteiger partial charge in [-0.05, 0) is 50.4 Å². The smallest absolute Gasteiger partial charge is 0.234 e. The molecule has 1 aromatic carbocycles. The van der Waals surface area contributed by atoms with Crippen molar-refractivity contribution in [3.05, 3.63) is 35.6 Å². The van der Waals surface area contributed by atoms with E-state index in [9.17, 15) is 9.18 Å². The summed E-state index contributed by atoms with van der Waals surface area (Å²) in [6, 6.07) is 7.92. The van der Waals surface area contributed by atoms with E-state index in [4.69, 9.17) is 0 Å². The number of hydrogen-bond donors (Lipinski definition) is 2. The zero-order valence-corrected chi connectivity index (χ0v) is 13.0. The second kappa shape index (κ2) is 6.75. The normalized spacial score (nSPS) is 27.8. The van der Waals surface area contributed by atoms with Gasteiger partial charge in [-0.2, -0.15) is 0 Å². The summed E-state index contributed by atoms with van der Waals surface area (Å²) < 4.78 is 12.8. The van der Waals surface area contributed by atoms with Crippen LogP contribution in [0.25, 0.3) is 0 Å². The topological polar surface area (TPSA) is 44.4 Å². The number of nitrogens with zero attached hydrogens (tertiary/aromatic N) is 1. The molecule has 3 rings (SSSR count). The molecule has 0 radical (unpaired) electrons. The van der Waals surface area contributed by atoms with Crippen molar-refractivity contribution >= 4 is 5.91 Å². The number of benzene rings is 1. The summed E-state index contributed by atoms with van der Waals surface area (Å²) in [5.74, 6) is -0.191. The van der Waals surface area contributed by atoms with Crippen molar-refractivity contribution in [2.75, 3.05) is 13.6 Å². The number of fused-ring (bicyclic) bond motifs is 2. The number of carbonyl (C=O) groups excluding carboxylic acids is 1. The monoisotopic (exact) mass is 305 g/mol. The van der Waals surface area contributed by atoms with Crippen molar-refractivity contribution in [2.45, 2.75) is 50.4 Å². The first-order valence-corrected chi connectivity index (χ1v) is 8.10. The number of amides is 1. The summed E-state index contributed by atoms with van der Waals surface area (Å²) in [6.07, 6.45) is 4.68. The fourth-order valence-electron chi connectivity index (χ4n) is 3.79. The average Bonchev–Trinajstić information content (AvgIpc) is 2.75. The summed E-state index contributed by atoms with van der Waals surface area (Å²) in [4.78, 5) is 14.5. The van der Waals surface area contributed by atoms with Crippen LogP contribution >= 0.6 is 0 Å². The highest BCUT2D eigenvalue weighted by Gasteiger charge is 2.40. The van der Waals surface area contributed by atoms with Gasteiger partial charge >= 0.3 is 0 Å². The number of nitrogens with one attached hydrogen (secondary N) is 2. The predicted molar refractivity (Wildman–Crippen MR) is 83.8 cm³/mol. The highest BCUT2D eigenvalue weighted by molar-refractivity contribution is 5.78. The number of halogens is 1. The van der Waals surface area contributed by atoms with E-state index in [1.807, 2.05) is 7.05 Å². The van der Waals surface area contributed by atoms with E-state index in [1.165, 1.54) is 25.0 Å². The summed E-state index contributed by atoms with van der Waals surface area (Å²) >= 11 is 0. The Morgan fingerprint density at radius 3 is 2.45 bits per heavy atom. The van der Waals surface area contributed by atoms with E-state index in [0.29, 0.717) is 31.2 Å². The lowest BCUT2D eigenvalue weighted by molar-refractivity contribution is -0.123. The Labute approximate surface area is 131 Å². The van der Waals surface area contributed by atoms with Crippen LogP contribution in [0.15, 0.2) is 24.3 Å². The third-order valence-electron chi connectivity index (χ3n) is 5.02. The molecule has 4 nitrogen and oxygen atoms in total. The molecule has 120 valence electrons. The largest absolute Gasteiger partial charge is 0.351 e. The molecule has 2 fully saturated rings. The molecule has 2 aliphatic rings. The average molecular weight is 305 g/mol. The Balaban J connectivity index is 1.49. The standard InChI is InChI=1S/C17H24FN3O/c1-19-14-8-15-6-7-16(9-14)21(15)11-17(22)20-10-12-2-4-13(18)5-3-12/h2-5,14-16,19H,6-11H2,1H3,(H,20,22). The van der Waals surface area contributed by atoms with Crippen LogP contribution in [-0.2, 0) is 11.3 Å². The molecule has 2 heterocycles. The van der Waals surface area contributed by atoms with E-state index >= 15 is 0 Å². The van der Waals surface area contributed by atoms with E-state index < -0.39 is 0 Å². The zero-order chi connectivity index (χ0) is 15.5. The molecule has 22 heavy (non-hydrogen) atoms. The minimum absolute atomic E-state index is 0.0594. The van der Waals surface area contributed by atoms with Gasteiger partial charge in [0.05, 0.1) is 6.54 Å². The van der Waals surface area contributed by atoms with Gasteiger partial charge in [0.1, 0.15) is 5.82 Å². The molecule has 2 atom stereocenters. The minimum atomic E-state index is -0.251. The van der Waals surface area contributed by atoms with Crippen molar-refractivity contribution in [1.82, 2.24) is 15.5 Å². The maximum atomic E-state index is 12.8.